The highest BCUT2D eigenvalue weighted by Gasteiger charge is 2.29. The molecule has 32 heavy (non-hydrogen) atoms. The van der Waals surface area contributed by atoms with E-state index in [1.54, 1.807) is 12.1 Å². The quantitative estimate of drug-likeness (QED) is 0.583. The topological polar surface area (TPSA) is 128 Å². The van der Waals surface area contributed by atoms with E-state index >= 15 is 0 Å². The van der Waals surface area contributed by atoms with Crippen LogP contribution in [0.5, 0.6) is 0 Å². The Labute approximate surface area is 190 Å². The first-order valence-corrected chi connectivity index (χ1v) is 12.6. The van der Waals surface area contributed by atoms with Gasteiger partial charge in [0.25, 0.3) is 5.91 Å². The third-order valence-corrected chi connectivity index (χ3v) is 6.69. The molecule has 1 heterocycles. The second kappa shape index (κ2) is 9.70. The molecule has 1 aliphatic carbocycles. The highest BCUT2D eigenvalue weighted by molar-refractivity contribution is 7.92. The summed E-state index contributed by atoms with van der Waals surface area (Å²) in [6.45, 7) is 1.53. The summed E-state index contributed by atoms with van der Waals surface area (Å²) in [6.07, 6.45) is 3.45. The van der Waals surface area contributed by atoms with Crippen molar-refractivity contribution >= 4 is 49.9 Å². The molecule has 11 heteroatoms. The number of sulfonamides is 1. The number of methoxy groups -OCH3 is 1. The molecular formula is C21H24N2O7S2. The number of amides is 1. The molecule has 1 unspecified atom stereocenters. The van der Waals surface area contributed by atoms with Crippen LogP contribution in [0.4, 0.5) is 10.7 Å². The van der Waals surface area contributed by atoms with Crippen LogP contribution >= 0.6 is 11.3 Å². The zero-order valence-corrected chi connectivity index (χ0v) is 19.5. The van der Waals surface area contributed by atoms with Gasteiger partial charge in [-0.1, -0.05) is 19.1 Å². The summed E-state index contributed by atoms with van der Waals surface area (Å²) >= 11 is 1.33. The van der Waals surface area contributed by atoms with Crippen molar-refractivity contribution < 1.29 is 32.3 Å². The first kappa shape index (κ1) is 23.7. The molecule has 0 saturated carbocycles. The lowest BCUT2D eigenvalue weighted by Crippen LogP contribution is -2.22. The summed E-state index contributed by atoms with van der Waals surface area (Å²) in [6, 6.07) is 5.91. The number of hydrogen-bond acceptors (Lipinski definition) is 8. The molecular weight excluding hydrogens is 456 g/mol. The van der Waals surface area contributed by atoms with Crippen molar-refractivity contribution in [3.63, 3.8) is 0 Å². The van der Waals surface area contributed by atoms with Gasteiger partial charge in [-0.25, -0.2) is 18.0 Å². The van der Waals surface area contributed by atoms with E-state index < -0.39 is 34.5 Å². The minimum atomic E-state index is -3.61. The Bertz CT molecular complexity index is 1150. The second-order valence-electron chi connectivity index (χ2n) is 7.59. The number of benzene rings is 1. The molecule has 0 saturated heterocycles. The van der Waals surface area contributed by atoms with Crippen LogP contribution in [0.3, 0.4) is 0 Å². The van der Waals surface area contributed by atoms with E-state index in [0.29, 0.717) is 16.5 Å². The van der Waals surface area contributed by atoms with Crippen LogP contribution < -0.4 is 10.0 Å². The van der Waals surface area contributed by atoms with Gasteiger partial charge in [0.1, 0.15) is 5.00 Å². The maximum absolute atomic E-state index is 12.5. The molecule has 0 spiro atoms. The lowest BCUT2D eigenvalue weighted by Gasteiger charge is -2.18. The first-order chi connectivity index (χ1) is 15.1. The van der Waals surface area contributed by atoms with Crippen LogP contribution in [-0.4, -0.2) is 46.2 Å². The number of fused-ring (bicyclic) bond motifs is 1. The average Bonchev–Trinajstić information content (AvgIpc) is 3.07. The number of esters is 2. The molecule has 0 aliphatic heterocycles. The van der Waals surface area contributed by atoms with Gasteiger partial charge in [0.05, 0.1) is 30.2 Å². The van der Waals surface area contributed by atoms with Gasteiger partial charge >= 0.3 is 11.9 Å². The molecule has 9 nitrogen and oxygen atoms in total. The lowest BCUT2D eigenvalue weighted by atomic mass is 9.88. The fourth-order valence-corrected chi connectivity index (χ4v) is 5.47. The standard InChI is InChI=1S/C21H24N2O7S2/c1-12-8-9-14-16(10-12)31-19(18(14)21(26)29-2)22-17(24)11-30-20(25)13-6-4-5-7-15(13)23-32(3,27)28/h4-7,12,23H,8-11H2,1-3H3,(H,22,24). The summed E-state index contributed by atoms with van der Waals surface area (Å²) < 4.78 is 35.2. The van der Waals surface area contributed by atoms with Gasteiger partial charge in [-0.3, -0.25) is 9.52 Å². The molecule has 3 rings (SSSR count). The summed E-state index contributed by atoms with van der Waals surface area (Å²) in [5.74, 6) is -1.52. The van der Waals surface area contributed by atoms with Crippen molar-refractivity contribution in [1.29, 1.82) is 0 Å². The molecule has 1 amide bonds. The normalized spacial score (nSPS) is 15.4. The number of thiophene rings is 1. The number of nitrogens with one attached hydrogen (secondary N) is 2. The largest absolute Gasteiger partial charge is 0.465 e. The molecule has 172 valence electrons. The molecule has 1 aromatic heterocycles. The monoisotopic (exact) mass is 480 g/mol. The first-order valence-electron chi connectivity index (χ1n) is 9.85. The van der Waals surface area contributed by atoms with E-state index in [9.17, 15) is 22.8 Å². The number of para-hydroxylation sites is 1. The summed E-state index contributed by atoms with van der Waals surface area (Å²) in [4.78, 5) is 38.2. The predicted molar refractivity (Wildman–Crippen MR) is 121 cm³/mol. The Hall–Kier alpha value is -2.92. The van der Waals surface area contributed by atoms with E-state index in [-0.39, 0.29) is 11.3 Å². The Morgan fingerprint density at radius 2 is 1.91 bits per heavy atom. The zero-order valence-electron chi connectivity index (χ0n) is 17.9. The van der Waals surface area contributed by atoms with Crippen molar-refractivity contribution in [2.75, 3.05) is 30.0 Å². The van der Waals surface area contributed by atoms with Crippen LogP contribution in [0.1, 0.15) is 44.5 Å². The van der Waals surface area contributed by atoms with Gasteiger partial charge in [0.15, 0.2) is 6.61 Å². The maximum Gasteiger partial charge on any atom is 0.341 e. The number of carbonyl (C=O) groups excluding carboxylic acids is 3. The fourth-order valence-electron chi connectivity index (χ4n) is 3.48. The fraction of sp³-hybridized carbons (Fsp3) is 0.381. The predicted octanol–water partition coefficient (Wildman–Crippen LogP) is 2.83. The molecule has 0 bridgehead atoms. The highest BCUT2D eigenvalue weighted by Crippen LogP contribution is 2.40. The van der Waals surface area contributed by atoms with Crippen LogP contribution in [0.2, 0.25) is 0 Å². The zero-order chi connectivity index (χ0) is 23.5. The second-order valence-corrected chi connectivity index (χ2v) is 10.4. The molecule has 0 radical (unpaired) electrons. The number of anilines is 2. The third-order valence-electron chi connectivity index (χ3n) is 4.93. The van der Waals surface area contributed by atoms with E-state index in [4.69, 9.17) is 9.47 Å². The molecule has 1 aromatic carbocycles. The molecule has 1 aliphatic rings. The number of rotatable bonds is 7. The minimum Gasteiger partial charge on any atom is -0.465 e. The van der Waals surface area contributed by atoms with Crippen molar-refractivity contribution in [2.45, 2.75) is 26.2 Å². The third kappa shape index (κ3) is 5.65. The van der Waals surface area contributed by atoms with Gasteiger partial charge < -0.3 is 14.8 Å². The number of carbonyl (C=O) groups is 3. The Balaban J connectivity index is 1.71. The van der Waals surface area contributed by atoms with Crippen LogP contribution in [-0.2, 0) is 37.1 Å². The van der Waals surface area contributed by atoms with Crippen molar-refractivity contribution in [1.82, 2.24) is 0 Å². The summed E-state index contributed by atoms with van der Waals surface area (Å²) in [5.41, 5.74) is 1.27. The Morgan fingerprint density at radius 1 is 1.19 bits per heavy atom. The van der Waals surface area contributed by atoms with Gasteiger partial charge in [0.2, 0.25) is 10.0 Å². The van der Waals surface area contributed by atoms with E-state index in [0.717, 1.165) is 36.0 Å². The lowest BCUT2D eigenvalue weighted by molar-refractivity contribution is -0.119. The molecule has 0 fully saturated rings. The van der Waals surface area contributed by atoms with Crippen LogP contribution in [0, 0.1) is 5.92 Å². The van der Waals surface area contributed by atoms with E-state index in [2.05, 4.69) is 17.0 Å². The molecule has 2 N–H and O–H groups in total. The SMILES string of the molecule is COC(=O)c1c(NC(=O)COC(=O)c2ccccc2NS(C)(=O)=O)sc2c1CCC(C)C2. The van der Waals surface area contributed by atoms with Crippen molar-refractivity contribution in [3.8, 4) is 0 Å². The van der Waals surface area contributed by atoms with Gasteiger partial charge in [0, 0.05) is 4.88 Å². The van der Waals surface area contributed by atoms with Crippen molar-refractivity contribution in [2.24, 2.45) is 5.92 Å². The average molecular weight is 481 g/mol. The van der Waals surface area contributed by atoms with Crippen LogP contribution in [0.15, 0.2) is 24.3 Å². The smallest absolute Gasteiger partial charge is 0.341 e. The number of ether oxygens (including phenoxy) is 2. The van der Waals surface area contributed by atoms with E-state index in [1.165, 1.54) is 30.6 Å². The van der Waals surface area contributed by atoms with Crippen LogP contribution in [0.25, 0.3) is 0 Å². The van der Waals surface area contributed by atoms with Crippen molar-refractivity contribution in [3.05, 3.63) is 45.8 Å². The van der Waals surface area contributed by atoms with Gasteiger partial charge in [-0.15, -0.1) is 11.3 Å². The molecule has 1 atom stereocenters. The maximum atomic E-state index is 12.5. The summed E-state index contributed by atoms with van der Waals surface area (Å²) in [7, 11) is -2.32. The van der Waals surface area contributed by atoms with E-state index in [1.807, 2.05) is 0 Å². The molecule has 2 aromatic rings. The van der Waals surface area contributed by atoms with Gasteiger partial charge in [-0.2, -0.15) is 0 Å². The Morgan fingerprint density at radius 3 is 2.59 bits per heavy atom. The Kier molecular flexibility index (Phi) is 7.19. The van der Waals surface area contributed by atoms with Gasteiger partial charge in [-0.05, 0) is 42.9 Å². The summed E-state index contributed by atoms with van der Waals surface area (Å²) in [5, 5.41) is 3.02. The minimum absolute atomic E-state index is 0.0263. The highest BCUT2D eigenvalue weighted by atomic mass is 32.2. The number of hydrogen-bond donors (Lipinski definition) is 2.